The number of guanidine groups is 1. The number of benzene rings is 2. The van der Waals surface area contributed by atoms with Gasteiger partial charge in [0.15, 0.2) is 5.96 Å². The number of nitrogens with one attached hydrogen (secondary N) is 1. The van der Waals surface area contributed by atoms with Crippen molar-refractivity contribution < 1.29 is 17.9 Å². The normalized spacial score (nSPS) is 16.1. The zero-order valence-corrected chi connectivity index (χ0v) is 21.0. The van der Waals surface area contributed by atoms with E-state index in [1.54, 1.807) is 0 Å². The van der Waals surface area contributed by atoms with E-state index in [1.807, 2.05) is 0 Å². The van der Waals surface area contributed by atoms with E-state index in [-0.39, 0.29) is 42.2 Å². The molecule has 2 aromatic carbocycles. The molecule has 3 rings (SSSR count). The number of likely N-dealkylation sites (N-methyl/N-ethyl adjacent to an activating group) is 1. The summed E-state index contributed by atoms with van der Waals surface area (Å²) in [5.74, 6) is 0.0151. The third-order valence-electron chi connectivity index (χ3n) is 5.30. The van der Waals surface area contributed by atoms with Gasteiger partial charge in [-0.25, -0.2) is 4.99 Å². The van der Waals surface area contributed by atoms with Crippen molar-refractivity contribution in [3.63, 3.8) is 0 Å². The van der Waals surface area contributed by atoms with Gasteiger partial charge in [-0.2, -0.15) is 0 Å². The maximum Gasteiger partial charge on any atom is 0.573 e. The Morgan fingerprint density at radius 3 is 2.27 bits per heavy atom. The number of hydrogen-bond acceptors (Lipinski definition) is 4. The second kappa shape index (κ2) is 13.0. The van der Waals surface area contributed by atoms with Crippen molar-refractivity contribution in [1.29, 1.82) is 0 Å². The Morgan fingerprint density at radius 2 is 1.61 bits per heavy atom. The van der Waals surface area contributed by atoms with Crippen LogP contribution in [0.2, 0.25) is 0 Å². The average Bonchev–Trinajstić information content (AvgIpc) is 2.95. The highest BCUT2D eigenvalue weighted by Crippen LogP contribution is 2.22. The molecule has 1 heterocycles. The number of rotatable bonds is 7. The number of nitrogens with two attached hydrogens (primary N) is 1. The smallest absolute Gasteiger partial charge is 0.406 e. The third-order valence-corrected chi connectivity index (χ3v) is 5.30. The monoisotopic (exact) mass is 577 g/mol. The third kappa shape index (κ3) is 10.2. The summed E-state index contributed by atoms with van der Waals surface area (Å²) in [6, 6.07) is 14.0. The topological polar surface area (TPSA) is 66.1 Å². The predicted octanol–water partition coefficient (Wildman–Crippen LogP) is 3.95. The summed E-state index contributed by atoms with van der Waals surface area (Å²) in [4.78, 5) is 9.10. The van der Waals surface area contributed by atoms with Gasteiger partial charge in [0.2, 0.25) is 0 Å². The highest BCUT2D eigenvalue weighted by atomic mass is 127. The van der Waals surface area contributed by atoms with Crippen LogP contribution in [0.5, 0.6) is 5.75 Å². The maximum absolute atomic E-state index is 12.2. The zero-order chi connectivity index (χ0) is 23.0. The lowest BCUT2D eigenvalue weighted by atomic mass is 10.1. The van der Waals surface area contributed by atoms with Crippen LogP contribution in [-0.4, -0.2) is 55.3 Å². The minimum absolute atomic E-state index is 0. The van der Waals surface area contributed by atoms with Crippen molar-refractivity contribution in [2.45, 2.75) is 32.4 Å². The van der Waals surface area contributed by atoms with Crippen LogP contribution in [0.15, 0.2) is 53.5 Å². The lowest BCUT2D eigenvalue weighted by Crippen LogP contribution is -2.31. The second-order valence-electron chi connectivity index (χ2n) is 8.00. The van der Waals surface area contributed by atoms with Crippen LogP contribution in [0.3, 0.4) is 0 Å². The molecule has 3 N–H and O–H groups in total. The molecule has 0 saturated carbocycles. The maximum atomic E-state index is 12.2. The Kier molecular flexibility index (Phi) is 10.7. The molecule has 182 valence electrons. The van der Waals surface area contributed by atoms with Crippen LogP contribution in [0.1, 0.15) is 23.1 Å². The van der Waals surface area contributed by atoms with E-state index in [9.17, 15) is 13.2 Å². The lowest BCUT2D eigenvalue weighted by molar-refractivity contribution is -0.274. The summed E-state index contributed by atoms with van der Waals surface area (Å²) < 4.78 is 40.5. The first-order valence-corrected chi connectivity index (χ1v) is 10.6. The van der Waals surface area contributed by atoms with E-state index in [0.29, 0.717) is 6.54 Å². The summed E-state index contributed by atoms with van der Waals surface area (Å²) in [6.07, 6.45) is -3.50. The minimum Gasteiger partial charge on any atom is -0.406 e. The highest BCUT2D eigenvalue weighted by Gasteiger charge is 2.30. The van der Waals surface area contributed by atoms with Gasteiger partial charge in [-0.15, -0.1) is 37.1 Å². The van der Waals surface area contributed by atoms with Gasteiger partial charge < -0.3 is 20.7 Å². The molecule has 33 heavy (non-hydrogen) atoms. The first-order valence-electron chi connectivity index (χ1n) is 10.6. The molecule has 0 bridgehead atoms. The first kappa shape index (κ1) is 27.2. The minimum atomic E-state index is -4.70. The van der Waals surface area contributed by atoms with Crippen LogP contribution in [0.4, 0.5) is 13.2 Å². The number of halogens is 4. The molecule has 2 aromatic rings. The van der Waals surface area contributed by atoms with Crippen molar-refractivity contribution in [3.05, 3.63) is 65.2 Å². The summed E-state index contributed by atoms with van der Waals surface area (Å²) in [5, 5.41) is 3.06. The zero-order valence-electron chi connectivity index (χ0n) is 18.6. The summed E-state index contributed by atoms with van der Waals surface area (Å²) in [6.45, 7) is 6.23. The average molecular weight is 577 g/mol. The summed E-state index contributed by atoms with van der Waals surface area (Å²) >= 11 is 0. The van der Waals surface area contributed by atoms with Gasteiger partial charge in [-0.05, 0) is 55.4 Å². The standard InChI is InChI=1S/C23H30F3N5O.HI/c1-30-11-2-12-31(14-13-30)17-20-5-3-18(4-6-20)15-28-22(27)29-16-19-7-9-21(10-8-19)32-23(24,25)26;/h3-10H,2,11-17H2,1H3,(H3,27,28,29);1H. The SMILES string of the molecule is CN1CCCN(Cc2ccc(CNC(N)=NCc3ccc(OC(F)(F)F)cc3)cc2)CC1.I. The molecule has 6 nitrogen and oxygen atoms in total. The fourth-order valence-corrected chi connectivity index (χ4v) is 3.50. The molecule has 10 heteroatoms. The number of ether oxygens (including phenoxy) is 1. The van der Waals surface area contributed by atoms with Gasteiger partial charge in [0, 0.05) is 26.2 Å². The lowest BCUT2D eigenvalue weighted by Gasteiger charge is -2.20. The molecular formula is C23H31F3IN5O. The Hall–Kier alpha value is -2.05. The fraction of sp³-hybridized carbons (Fsp3) is 0.435. The van der Waals surface area contributed by atoms with Crippen LogP contribution in [0, 0.1) is 0 Å². The van der Waals surface area contributed by atoms with E-state index < -0.39 is 6.36 Å². The van der Waals surface area contributed by atoms with E-state index in [2.05, 4.69) is 56.2 Å². The van der Waals surface area contributed by atoms with Gasteiger partial charge >= 0.3 is 6.36 Å². The van der Waals surface area contributed by atoms with Crippen molar-refractivity contribution in [2.24, 2.45) is 10.7 Å². The summed E-state index contributed by atoms with van der Waals surface area (Å²) in [5.41, 5.74) is 9.03. The Morgan fingerprint density at radius 1 is 0.970 bits per heavy atom. The molecule has 0 unspecified atom stereocenters. The number of aliphatic imine (C=N–C) groups is 1. The molecule has 1 saturated heterocycles. The Balaban J connectivity index is 0.00000385. The molecular weight excluding hydrogens is 546 g/mol. The molecule has 1 aliphatic heterocycles. The van der Waals surface area contributed by atoms with Crippen LogP contribution >= 0.6 is 24.0 Å². The van der Waals surface area contributed by atoms with Crippen LogP contribution in [-0.2, 0) is 19.6 Å². The fourth-order valence-electron chi connectivity index (χ4n) is 3.50. The number of nitrogens with zero attached hydrogens (tertiary/aromatic N) is 3. The molecule has 1 aliphatic rings. The van der Waals surface area contributed by atoms with Gasteiger partial charge in [-0.3, -0.25) is 4.90 Å². The first-order chi connectivity index (χ1) is 15.3. The molecule has 1 fully saturated rings. The van der Waals surface area contributed by atoms with E-state index in [1.165, 1.54) is 36.2 Å². The largest absolute Gasteiger partial charge is 0.573 e. The van der Waals surface area contributed by atoms with E-state index >= 15 is 0 Å². The molecule has 0 spiro atoms. The number of hydrogen-bond donors (Lipinski definition) is 2. The van der Waals surface area contributed by atoms with Crippen LogP contribution < -0.4 is 15.8 Å². The van der Waals surface area contributed by atoms with Crippen molar-refractivity contribution in [1.82, 2.24) is 15.1 Å². The van der Waals surface area contributed by atoms with E-state index in [4.69, 9.17) is 5.73 Å². The van der Waals surface area contributed by atoms with Gasteiger partial charge in [0.25, 0.3) is 0 Å². The Bertz CT molecular complexity index is 875. The van der Waals surface area contributed by atoms with Crippen molar-refractivity contribution >= 4 is 29.9 Å². The van der Waals surface area contributed by atoms with Crippen LogP contribution in [0.25, 0.3) is 0 Å². The van der Waals surface area contributed by atoms with Crippen molar-refractivity contribution in [3.8, 4) is 5.75 Å². The second-order valence-corrected chi connectivity index (χ2v) is 8.00. The van der Waals surface area contributed by atoms with Gasteiger partial charge in [0.1, 0.15) is 5.75 Å². The molecule has 0 amide bonds. The molecule has 0 atom stereocenters. The highest BCUT2D eigenvalue weighted by molar-refractivity contribution is 14.0. The van der Waals surface area contributed by atoms with Gasteiger partial charge in [0.05, 0.1) is 6.54 Å². The Labute approximate surface area is 210 Å². The summed E-state index contributed by atoms with van der Waals surface area (Å²) in [7, 11) is 2.17. The molecule has 0 aromatic heterocycles. The number of alkyl halides is 3. The quantitative estimate of drug-likeness (QED) is 0.297. The van der Waals surface area contributed by atoms with Gasteiger partial charge in [-0.1, -0.05) is 36.4 Å². The molecule has 0 aliphatic carbocycles. The predicted molar refractivity (Wildman–Crippen MR) is 135 cm³/mol. The molecule has 0 radical (unpaired) electrons. The van der Waals surface area contributed by atoms with E-state index in [0.717, 1.165) is 43.9 Å². The van der Waals surface area contributed by atoms with Crippen molar-refractivity contribution in [2.75, 3.05) is 33.2 Å².